The summed E-state index contributed by atoms with van der Waals surface area (Å²) in [4.78, 5) is 28.8. The molecule has 0 fully saturated rings. The summed E-state index contributed by atoms with van der Waals surface area (Å²) in [5.74, 6) is 0.370. The van der Waals surface area contributed by atoms with Crippen LogP contribution in [0.5, 0.6) is 0 Å². The van der Waals surface area contributed by atoms with Crippen molar-refractivity contribution in [3.8, 4) is 0 Å². The molecule has 2 N–H and O–H groups in total. The zero-order valence-electron chi connectivity index (χ0n) is 12.4. The van der Waals surface area contributed by atoms with Gasteiger partial charge in [0.05, 0.1) is 6.54 Å². The number of rotatable bonds is 4. The third kappa shape index (κ3) is 4.58. The van der Waals surface area contributed by atoms with E-state index in [1.165, 1.54) is 11.8 Å². The number of hydrogen-bond acceptors (Lipinski definition) is 4. The van der Waals surface area contributed by atoms with E-state index in [1.807, 2.05) is 13.8 Å². The first-order valence-corrected chi connectivity index (χ1v) is 8.80. The lowest BCUT2D eigenvalue weighted by atomic mass is 10.0. The fraction of sp³-hybridized carbons (Fsp3) is 0.400. The van der Waals surface area contributed by atoms with Gasteiger partial charge < -0.3 is 10.6 Å². The zero-order valence-corrected chi connectivity index (χ0v) is 14.8. The van der Waals surface area contributed by atoms with Gasteiger partial charge in [-0.3, -0.25) is 14.6 Å². The second-order valence-electron chi connectivity index (χ2n) is 5.23. The van der Waals surface area contributed by atoms with Crippen LogP contribution < -0.4 is 10.6 Å². The number of nitrogens with one attached hydrogen (secondary N) is 2. The van der Waals surface area contributed by atoms with Crippen molar-refractivity contribution in [1.82, 2.24) is 10.6 Å². The van der Waals surface area contributed by atoms with Crippen LogP contribution >= 0.6 is 27.7 Å². The number of halogens is 1. The largest absolute Gasteiger partial charge is 0.340 e. The minimum atomic E-state index is -0.597. The van der Waals surface area contributed by atoms with Crippen LogP contribution in [-0.2, 0) is 4.79 Å². The fourth-order valence-corrected chi connectivity index (χ4v) is 2.95. The van der Waals surface area contributed by atoms with Crippen LogP contribution in [0.2, 0.25) is 0 Å². The Morgan fingerprint density at radius 2 is 1.95 bits per heavy atom. The molecule has 0 aliphatic carbocycles. The first-order valence-electron chi connectivity index (χ1n) is 7.02. The lowest BCUT2D eigenvalue weighted by Crippen LogP contribution is -2.50. The summed E-state index contributed by atoms with van der Waals surface area (Å²) >= 11 is 4.85. The molecule has 0 spiro atoms. The molecule has 2 amide bonds. The predicted molar refractivity (Wildman–Crippen MR) is 93.1 cm³/mol. The molecule has 0 saturated heterocycles. The number of benzene rings is 1. The monoisotopic (exact) mass is 383 g/mol. The molecule has 0 bridgehead atoms. The van der Waals surface area contributed by atoms with Gasteiger partial charge in [0.1, 0.15) is 6.04 Å². The summed E-state index contributed by atoms with van der Waals surface area (Å²) in [5, 5.41) is 6.21. The molecule has 1 atom stereocenters. The first kappa shape index (κ1) is 17.0. The van der Waals surface area contributed by atoms with E-state index in [0.29, 0.717) is 10.7 Å². The minimum absolute atomic E-state index is 0.0219. The van der Waals surface area contributed by atoms with E-state index < -0.39 is 6.04 Å². The molecule has 1 aromatic carbocycles. The molecule has 1 aromatic rings. The normalized spacial score (nSPS) is 15.4. The van der Waals surface area contributed by atoms with Crippen molar-refractivity contribution in [2.45, 2.75) is 19.9 Å². The Kier molecular flexibility index (Phi) is 6.02. The van der Waals surface area contributed by atoms with Gasteiger partial charge in [-0.2, -0.15) is 0 Å². The van der Waals surface area contributed by atoms with Crippen molar-refractivity contribution in [2.75, 3.05) is 12.3 Å². The van der Waals surface area contributed by atoms with E-state index >= 15 is 0 Å². The number of hydrogen-bond donors (Lipinski definition) is 2. The maximum Gasteiger partial charge on any atom is 0.251 e. The van der Waals surface area contributed by atoms with Crippen LogP contribution in [0.3, 0.4) is 0 Å². The highest BCUT2D eigenvalue weighted by Gasteiger charge is 2.26. The van der Waals surface area contributed by atoms with E-state index in [2.05, 4.69) is 31.6 Å². The smallest absolute Gasteiger partial charge is 0.251 e. The molecule has 22 heavy (non-hydrogen) atoms. The van der Waals surface area contributed by atoms with Gasteiger partial charge >= 0.3 is 0 Å². The van der Waals surface area contributed by atoms with Crippen LogP contribution in [0.15, 0.2) is 33.7 Å². The highest BCUT2D eigenvalue weighted by Crippen LogP contribution is 2.13. The van der Waals surface area contributed by atoms with Crippen LogP contribution in [0.4, 0.5) is 0 Å². The Balaban J connectivity index is 2.02. The van der Waals surface area contributed by atoms with Crippen LogP contribution in [0.1, 0.15) is 24.2 Å². The number of amidine groups is 1. The van der Waals surface area contributed by atoms with Crippen molar-refractivity contribution < 1.29 is 9.59 Å². The third-order valence-corrected chi connectivity index (χ3v) is 4.58. The standard InChI is InChI=1S/C15H18BrN3O2S/c1-9(2)12(14(21)19-15-17-7-8-22-15)18-13(20)10-3-5-11(16)6-4-10/h3-6,9,12H,7-8H2,1-2H3,(H,18,20)(H,17,19,21)/t12-/m1/s1. The molecule has 0 unspecified atom stereocenters. The first-order chi connectivity index (χ1) is 10.5. The molecular weight excluding hydrogens is 366 g/mol. The predicted octanol–water partition coefficient (Wildman–Crippen LogP) is 2.42. The summed E-state index contributed by atoms with van der Waals surface area (Å²) in [6.45, 7) is 4.52. The van der Waals surface area contributed by atoms with Gasteiger partial charge in [-0.15, -0.1) is 0 Å². The molecule has 7 heteroatoms. The highest BCUT2D eigenvalue weighted by atomic mass is 79.9. The number of carbonyl (C=O) groups excluding carboxylic acids is 2. The maximum absolute atomic E-state index is 12.3. The fourth-order valence-electron chi connectivity index (χ4n) is 1.95. The number of amides is 2. The van der Waals surface area contributed by atoms with Crippen molar-refractivity contribution in [2.24, 2.45) is 10.9 Å². The lowest BCUT2D eigenvalue weighted by molar-refractivity contribution is -0.122. The van der Waals surface area contributed by atoms with Gasteiger partial charge in [0, 0.05) is 15.8 Å². The summed E-state index contributed by atoms with van der Waals surface area (Å²) in [5.41, 5.74) is 0.522. The van der Waals surface area contributed by atoms with Crippen molar-refractivity contribution in [1.29, 1.82) is 0 Å². The average Bonchev–Trinajstić information content (AvgIpc) is 2.97. The maximum atomic E-state index is 12.3. The Hall–Kier alpha value is -1.34. The van der Waals surface area contributed by atoms with E-state index in [-0.39, 0.29) is 17.7 Å². The lowest BCUT2D eigenvalue weighted by Gasteiger charge is -2.21. The summed E-state index contributed by atoms with van der Waals surface area (Å²) in [6, 6.07) is 6.42. The van der Waals surface area contributed by atoms with E-state index in [0.717, 1.165) is 16.8 Å². The van der Waals surface area contributed by atoms with Crippen molar-refractivity contribution in [3.05, 3.63) is 34.3 Å². The molecule has 5 nitrogen and oxygen atoms in total. The molecule has 118 valence electrons. The molecular formula is C15H18BrN3O2S. The molecule has 2 rings (SSSR count). The van der Waals surface area contributed by atoms with Gasteiger partial charge in [-0.05, 0) is 30.2 Å². The molecule has 0 radical (unpaired) electrons. The van der Waals surface area contributed by atoms with Crippen LogP contribution in [-0.4, -0.2) is 35.3 Å². The van der Waals surface area contributed by atoms with Crippen LogP contribution in [0, 0.1) is 5.92 Å². The minimum Gasteiger partial charge on any atom is -0.340 e. The topological polar surface area (TPSA) is 70.6 Å². The SMILES string of the molecule is CC(C)[C@@H](NC(=O)c1ccc(Br)cc1)C(=O)NC1=NCCS1. The summed E-state index contributed by atoms with van der Waals surface area (Å²) in [7, 11) is 0. The second-order valence-corrected chi connectivity index (χ2v) is 7.23. The van der Waals surface area contributed by atoms with Crippen LogP contribution in [0.25, 0.3) is 0 Å². The Morgan fingerprint density at radius 3 is 2.50 bits per heavy atom. The summed E-state index contributed by atoms with van der Waals surface area (Å²) < 4.78 is 0.901. The van der Waals surface area contributed by atoms with E-state index in [9.17, 15) is 9.59 Å². The second kappa shape index (κ2) is 7.78. The van der Waals surface area contributed by atoms with Crippen molar-refractivity contribution in [3.63, 3.8) is 0 Å². The highest BCUT2D eigenvalue weighted by molar-refractivity contribution is 9.10. The van der Waals surface area contributed by atoms with Gasteiger partial charge in [-0.25, -0.2) is 0 Å². The number of nitrogens with zero attached hydrogens (tertiary/aromatic N) is 1. The molecule has 1 heterocycles. The number of thioether (sulfide) groups is 1. The third-order valence-electron chi connectivity index (χ3n) is 3.16. The van der Waals surface area contributed by atoms with E-state index in [1.54, 1.807) is 24.3 Å². The molecule has 1 aliphatic rings. The Labute approximate surface area is 142 Å². The van der Waals surface area contributed by atoms with Gasteiger partial charge in [0.25, 0.3) is 5.91 Å². The number of carbonyl (C=O) groups is 2. The molecule has 0 aromatic heterocycles. The van der Waals surface area contributed by atoms with Gasteiger partial charge in [0.15, 0.2) is 5.17 Å². The van der Waals surface area contributed by atoms with Crippen molar-refractivity contribution >= 4 is 44.7 Å². The zero-order chi connectivity index (χ0) is 16.1. The Morgan fingerprint density at radius 1 is 1.27 bits per heavy atom. The van der Waals surface area contributed by atoms with Gasteiger partial charge in [-0.1, -0.05) is 41.5 Å². The summed E-state index contributed by atoms with van der Waals surface area (Å²) in [6.07, 6.45) is 0. The van der Waals surface area contributed by atoms with E-state index in [4.69, 9.17) is 0 Å². The average molecular weight is 384 g/mol. The van der Waals surface area contributed by atoms with Gasteiger partial charge in [0.2, 0.25) is 5.91 Å². The molecule has 0 saturated carbocycles. The molecule has 1 aliphatic heterocycles. The Bertz CT molecular complexity index is 587. The number of aliphatic imine (C=N–C) groups is 1. The quantitative estimate of drug-likeness (QED) is 0.838.